The molecule has 2 saturated heterocycles. The summed E-state index contributed by atoms with van der Waals surface area (Å²) >= 11 is 0. The van der Waals surface area contributed by atoms with E-state index in [1.807, 2.05) is 0 Å². The number of piperidine rings is 2. The van der Waals surface area contributed by atoms with Crippen molar-refractivity contribution < 1.29 is 4.79 Å². The summed E-state index contributed by atoms with van der Waals surface area (Å²) in [6.07, 6.45) is 12.1. The van der Waals surface area contributed by atoms with Gasteiger partial charge < -0.3 is 20.4 Å². The molecule has 1 aromatic heterocycles. The Labute approximate surface area is 174 Å². The number of hydrogen-bond acceptors (Lipinski definition) is 6. The highest BCUT2D eigenvalue weighted by Gasteiger charge is 2.23. The molecule has 2 N–H and O–H groups in total. The van der Waals surface area contributed by atoms with Crippen LogP contribution in [-0.2, 0) is 4.79 Å². The van der Waals surface area contributed by atoms with Gasteiger partial charge in [-0.2, -0.15) is 0 Å². The molecule has 0 unspecified atom stereocenters. The fourth-order valence-corrected chi connectivity index (χ4v) is 4.45. The van der Waals surface area contributed by atoms with Gasteiger partial charge in [0.15, 0.2) is 0 Å². The first-order valence-electron chi connectivity index (χ1n) is 11.6. The maximum Gasteiger partial charge on any atom is 0.220 e. The fourth-order valence-electron chi connectivity index (χ4n) is 4.45. The van der Waals surface area contributed by atoms with Crippen molar-refractivity contribution in [3.8, 4) is 0 Å². The van der Waals surface area contributed by atoms with Gasteiger partial charge in [0, 0.05) is 44.7 Å². The minimum absolute atomic E-state index is 0.219. The second-order valence-electron chi connectivity index (χ2n) is 8.90. The van der Waals surface area contributed by atoms with Crippen LogP contribution in [0, 0.1) is 5.92 Å². The number of aromatic nitrogens is 2. The van der Waals surface area contributed by atoms with Crippen molar-refractivity contribution in [2.75, 3.05) is 49.5 Å². The van der Waals surface area contributed by atoms with Gasteiger partial charge >= 0.3 is 0 Å². The molecule has 3 aliphatic rings. The summed E-state index contributed by atoms with van der Waals surface area (Å²) in [7, 11) is 0. The molecule has 29 heavy (non-hydrogen) atoms. The van der Waals surface area contributed by atoms with Crippen molar-refractivity contribution in [3.05, 3.63) is 12.4 Å². The van der Waals surface area contributed by atoms with E-state index >= 15 is 0 Å². The molecule has 0 aromatic carbocycles. The standard InChI is InChI=1S/C22H36N6O/c29-22(23-10-15-27-11-2-1-3-12-27)7-4-18-8-13-28(14-9-18)21-16-20(24-17-25-21)26-19-5-6-19/h16-19H,1-15H2,(H,23,29)(H,24,25,26). The van der Waals surface area contributed by atoms with Gasteiger partial charge in [-0.3, -0.25) is 4.79 Å². The molecule has 3 fully saturated rings. The van der Waals surface area contributed by atoms with Crippen LogP contribution in [0.2, 0.25) is 0 Å². The minimum Gasteiger partial charge on any atom is -0.367 e. The zero-order valence-corrected chi connectivity index (χ0v) is 17.6. The predicted octanol–water partition coefficient (Wildman–Crippen LogP) is 2.65. The number of carbonyl (C=O) groups is 1. The molecule has 0 spiro atoms. The van der Waals surface area contributed by atoms with E-state index in [9.17, 15) is 4.79 Å². The van der Waals surface area contributed by atoms with Gasteiger partial charge in [0.2, 0.25) is 5.91 Å². The summed E-state index contributed by atoms with van der Waals surface area (Å²) in [6, 6.07) is 2.68. The van der Waals surface area contributed by atoms with Crippen LogP contribution in [0.25, 0.3) is 0 Å². The van der Waals surface area contributed by atoms with E-state index in [1.54, 1.807) is 6.33 Å². The zero-order chi connectivity index (χ0) is 19.9. The summed E-state index contributed by atoms with van der Waals surface area (Å²) in [5.74, 6) is 2.83. The maximum atomic E-state index is 12.2. The van der Waals surface area contributed by atoms with Gasteiger partial charge in [-0.05, 0) is 64.0 Å². The van der Waals surface area contributed by atoms with Crippen LogP contribution in [0.15, 0.2) is 12.4 Å². The number of amides is 1. The summed E-state index contributed by atoms with van der Waals surface area (Å²) in [5, 5.41) is 6.57. The average Bonchev–Trinajstić information content (AvgIpc) is 3.58. The molecular formula is C22H36N6O. The summed E-state index contributed by atoms with van der Waals surface area (Å²) in [4.78, 5) is 25.8. The van der Waals surface area contributed by atoms with E-state index in [0.29, 0.717) is 18.4 Å². The lowest BCUT2D eigenvalue weighted by Gasteiger charge is -2.32. The van der Waals surface area contributed by atoms with Crippen LogP contribution < -0.4 is 15.5 Å². The average molecular weight is 401 g/mol. The lowest BCUT2D eigenvalue weighted by molar-refractivity contribution is -0.121. The number of carbonyl (C=O) groups excluding carboxylic acids is 1. The Kier molecular flexibility index (Phi) is 7.19. The van der Waals surface area contributed by atoms with Crippen LogP contribution in [0.3, 0.4) is 0 Å². The molecule has 1 aromatic rings. The molecule has 4 rings (SSSR count). The van der Waals surface area contributed by atoms with Crippen LogP contribution in [0.5, 0.6) is 0 Å². The van der Waals surface area contributed by atoms with Gasteiger partial charge in [0.05, 0.1) is 0 Å². The molecular weight excluding hydrogens is 364 g/mol. The second kappa shape index (κ2) is 10.2. The quantitative estimate of drug-likeness (QED) is 0.664. The lowest BCUT2D eigenvalue weighted by atomic mass is 9.92. The third-order valence-electron chi connectivity index (χ3n) is 6.50. The Morgan fingerprint density at radius 3 is 2.59 bits per heavy atom. The summed E-state index contributed by atoms with van der Waals surface area (Å²) < 4.78 is 0. The molecule has 0 bridgehead atoms. The second-order valence-corrected chi connectivity index (χ2v) is 8.90. The highest BCUT2D eigenvalue weighted by Crippen LogP contribution is 2.27. The van der Waals surface area contributed by atoms with Crippen molar-refractivity contribution in [2.45, 2.75) is 63.8 Å². The fraction of sp³-hybridized carbons (Fsp3) is 0.773. The molecule has 160 valence electrons. The van der Waals surface area contributed by atoms with E-state index in [0.717, 1.165) is 57.1 Å². The molecule has 2 aliphatic heterocycles. The van der Waals surface area contributed by atoms with Gasteiger partial charge in [-0.1, -0.05) is 6.42 Å². The van der Waals surface area contributed by atoms with Crippen LogP contribution in [0.1, 0.15) is 57.8 Å². The van der Waals surface area contributed by atoms with Crippen molar-refractivity contribution >= 4 is 17.5 Å². The first kappa shape index (κ1) is 20.4. The van der Waals surface area contributed by atoms with Gasteiger partial charge in [0.25, 0.3) is 0 Å². The molecule has 0 radical (unpaired) electrons. The highest BCUT2D eigenvalue weighted by molar-refractivity contribution is 5.75. The van der Waals surface area contributed by atoms with Gasteiger partial charge in [-0.15, -0.1) is 0 Å². The molecule has 1 amide bonds. The van der Waals surface area contributed by atoms with Crippen molar-refractivity contribution in [1.29, 1.82) is 0 Å². The largest absolute Gasteiger partial charge is 0.367 e. The van der Waals surface area contributed by atoms with E-state index < -0.39 is 0 Å². The van der Waals surface area contributed by atoms with Crippen LogP contribution >= 0.6 is 0 Å². The number of anilines is 2. The Morgan fingerprint density at radius 2 is 1.83 bits per heavy atom. The SMILES string of the molecule is O=C(CCC1CCN(c2cc(NC3CC3)ncn2)CC1)NCCN1CCCCC1. The molecule has 3 heterocycles. The van der Waals surface area contributed by atoms with Crippen LogP contribution in [0.4, 0.5) is 11.6 Å². The zero-order valence-electron chi connectivity index (χ0n) is 17.6. The normalized spacial score (nSPS) is 21.2. The molecule has 1 saturated carbocycles. The predicted molar refractivity (Wildman–Crippen MR) is 116 cm³/mol. The van der Waals surface area contributed by atoms with E-state index in [2.05, 4.69) is 36.5 Å². The summed E-state index contributed by atoms with van der Waals surface area (Å²) in [5.41, 5.74) is 0. The Balaban J connectivity index is 1.11. The van der Waals surface area contributed by atoms with E-state index in [-0.39, 0.29) is 5.91 Å². The first-order valence-corrected chi connectivity index (χ1v) is 11.6. The van der Waals surface area contributed by atoms with Crippen molar-refractivity contribution in [2.24, 2.45) is 5.92 Å². The van der Waals surface area contributed by atoms with Gasteiger partial charge in [-0.25, -0.2) is 9.97 Å². The summed E-state index contributed by atoms with van der Waals surface area (Å²) in [6.45, 7) is 6.21. The molecule has 7 heteroatoms. The number of rotatable bonds is 9. The Bertz CT molecular complexity index is 650. The van der Waals surface area contributed by atoms with Gasteiger partial charge in [0.1, 0.15) is 18.0 Å². The highest BCUT2D eigenvalue weighted by atomic mass is 16.1. The Morgan fingerprint density at radius 1 is 1.03 bits per heavy atom. The maximum absolute atomic E-state index is 12.2. The first-order chi connectivity index (χ1) is 14.3. The van der Waals surface area contributed by atoms with Crippen molar-refractivity contribution in [3.63, 3.8) is 0 Å². The topological polar surface area (TPSA) is 73.4 Å². The number of nitrogens with zero attached hydrogens (tertiary/aromatic N) is 4. The monoisotopic (exact) mass is 400 g/mol. The molecule has 0 atom stereocenters. The third-order valence-corrected chi connectivity index (χ3v) is 6.50. The van der Waals surface area contributed by atoms with Crippen LogP contribution in [-0.4, -0.2) is 66.1 Å². The number of hydrogen-bond donors (Lipinski definition) is 2. The van der Waals surface area contributed by atoms with Crippen molar-refractivity contribution in [1.82, 2.24) is 20.2 Å². The molecule has 1 aliphatic carbocycles. The third kappa shape index (κ3) is 6.56. The van der Waals surface area contributed by atoms with E-state index in [4.69, 9.17) is 0 Å². The Hall–Kier alpha value is -1.89. The number of nitrogens with one attached hydrogen (secondary N) is 2. The minimum atomic E-state index is 0.219. The molecule has 7 nitrogen and oxygen atoms in total. The lowest BCUT2D eigenvalue weighted by Crippen LogP contribution is -2.38. The van der Waals surface area contributed by atoms with E-state index in [1.165, 1.54) is 45.2 Å². The smallest absolute Gasteiger partial charge is 0.220 e. The number of likely N-dealkylation sites (tertiary alicyclic amines) is 1.